The van der Waals surface area contributed by atoms with E-state index in [1.54, 1.807) is 49.5 Å². The Balaban J connectivity index is 2.12. The summed E-state index contributed by atoms with van der Waals surface area (Å²) in [6.45, 7) is 2.53. The number of carbonyl (C=O) groups excluding carboxylic acids is 2. The number of rotatable bonds is 8. The van der Waals surface area contributed by atoms with E-state index in [2.05, 4.69) is 10.6 Å². The van der Waals surface area contributed by atoms with E-state index in [9.17, 15) is 9.59 Å². The molecule has 28 heavy (non-hydrogen) atoms. The van der Waals surface area contributed by atoms with Crippen molar-refractivity contribution < 1.29 is 19.1 Å². The first-order valence-corrected chi connectivity index (χ1v) is 9.17. The van der Waals surface area contributed by atoms with Crippen LogP contribution in [-0.2, 0) is 4.79 Å². The Kier molecular flexibility index (Phi) is 7.89. The topological polar surface area (TPSA) is 76.7 Å². The molecule has 0 aliphatic rings. The second-order valence-corrected chi connectivity index (χ2v) is 6.27. The maximum Gasteiger partial charge on any atom is 0.251 e. The van der Waals surface area contributed by atoms with Crippen LogP contribution in [0.3, 0.4) is 0 Å². The maximum absolute atomic E-state index is 12.2. The monoisotopic (exact) mass is 402 g/mol. The van der Waals surface area contributed by atoms with Gasteiger partial charge in [-0.05, 0) is 48.4 Å². The smallest absolute Gasteiger partial charge is 0.251 e. The molecule has 2 N–H and O–H groups in total. The van der Waals surface area contributed by atoms with Gasteiger partial charge in [0, 0.05) is 24.4 Å². The number of hydrogen-bond donors (Lipinski definition) is 2. The Hall–Kier alpha value is -2.99. The van der Waals surface area contributed by atoms with Crippen LogP contribution in [0, 0.1) is 0 Å². The zero-order valence-corrected chi connectivity index (χ0v) is 16.8. The van der Waals surface area contributed by atoms with Crippen LogP contribution in [0.5, 0.6) is 11.5 Å². The average molecular weight is 403 g/mol. The van der Waals surface area contributed by atoms with Gasteiger partial charge in [0.25, 0.3) is 5.91 Å². The number of amides is 2. The molecule has 0 heterocycles. The third kappa shape index (κ3) is 5.76. The average Bonchev–Trinajstić information content (AvgIpc) is 2.70. The van der Waals surface area contributed by atoms with Gasteiger partial charge in [0.2, 0.25) is 5.91 Å². The first kappa shape index (κ1) is 21.3. The van der Waals surface area contributed by atoms with E-state index in [0.717, 1.165) is 6.42 Å². The lowest BCUT2D eigenvalue weighted by Crippen LogP contribution is -2.18. The van der Waals surface area contributed by atoms with Crippen molar-refractivity contribution in [2.24, 2.45) is 0 Å². The number of hydrogen-bond acceptors (Lipinski definition) is 4. The fourth-order valence-electron chi connectivity index (χ4n) is 2.42. The summed E-state index contributed by atoms with van der Waals surface area (Å²) >= 11 is 6.28. The molecule has 0 fully saturated rings. The fraction of sp³-hybridized carbons (Fsp3) is 0.238. The van der Waals surface area contributed by atoms with Gasteiger partial charge >= 0.3 is 0 Å². The summed E-state index contributed by atoms with van der Waals surface area (Å²) in [6, 6.07) is 10.1. The van der Waals surface area contributed by atoms with Crippen molar-refractivity contribution in [2.75, 3.05) is 26.1 Å². The van der Waals surface area contributed by atoms with Gasteiger partial charge in [-0.1, -0.05) is 24.6 Å². The Morgan fingerprint density at radius 1 is 1.21 bits per heavy atom. The van der Waals surface area contributed by atoms with Gasteiger partial charge in [0.1, 0.15) is 0 Å². The number of ether oxygens (including phenoxy) is 2. The van der Waals surface area contributed by atoms with Crippen LogP contribution in [-0.4, -0.2) is 32.6 Å². The van der Waals surface area contributed by atoms with E-state index in [1.165, 1.54) is 13.2 Å². The normalized spacial score (nSPS) is 10.6. The number of nitrogens with one attached hydrogen (secondary N) is 2. The molecule has 2 aromatic carbocycles. The van der Waals surface area contributed by atoms with Crippen LogP contribution >= 0.6 is 11.6 Å². The number of anilines is 1. The molecule has 0 unspecified atom stereocenters. The van der Waals surface area contributed by atoms with Crippen LogP contribution in [0.25, 0.3) is 6.08 Å². The second-order valence-electron chi connectivity index (χ2n) is 5.87. The molecule has 2 rings (SSSR count). The molecule has 148 valence electrons. The molecule has 0 aliphatic carbocycles. The predicted molar refractivity (Wildman–Crippen MR) is 111 cm³/mol. The molecular weight excluding hydrogens is 380 g/mol. The van der Waals surface area contributed by atoms with Gasteiger partial charge in [-0.3, -0.25) is 9.59 Å². The van der Waals surface area contributed by atoms with Gasteiger partial charge in [-0.2, -0.15) is 0 Å². The molecule has 6 nitrogen and oxygen atoms in total. The quantitative estimate of drug-likeness (QED) is 0.650. The summed E-state index contributed by atoms with van der Waals surface area (Å²) in [6.07, 6.45) is 3.85. The number of methoxy groups -OCH3 is 1. The van der Waals surface area contributed by atoms with Gasteiger partial charge in [0.05, 0.1) is 18.7 Å². The third-order valence-electron chi connectivity index (χ3n) is 3.75. The van der Waals surface area contributed by atoms with E-state index in [0.29, 0.717) is 39.9 Å². The second kappa shape index (κ2) is 10.4. The standard InChI is InChI=1S/C21H23ClN2O4/c1-4-10-28-20-17(22)11-14(12-18(20)27-3)8-9-19(25)24-16-7-5-6-15(13-16)21(26)23-2/h5-9,11-13H,4,10H2,1-3H3,(H,23,26)(H,24,25)/b9-8+. The van der Waals surface area contributed by atoms with Gasteiger partial charge in [0.15, 0.2) is 11.5 Å². The van der Waals surface area contributed by atoms with Gasteiger partial charge < -0.3 is 20.1 Å². The zero-order valence-electron chi connectivity index (χ0n) is 16.0. The highest BCUT2D eigenvalue weighted by atomic mass is 35.5. The van der Waals surface area contributed by atoms with Crippen LogP contribution in [0.15, 0.2) is 42.5 Å². The Labute approximate surface area is 169 Å². The third-order valence-corrected chi connectivity index (χ3v) is 4.03. The Morgan fingerprint density at radius 3 is 2.68 bits per heavy atom. The van der Waals surface area contributed by atoms with Crippen LogP contribution in [0.1, 0.15) is 29.3 Å². The molecule has 0 aromatic heterocycles. The molecule has 0 bridgehead atoms. The summed E-state index contributed by atoms with van der Waals surface area (Å²) in [7, 11) is 3.08. The number of benzene rings is 2. The summed E-state index contributed by atoms with van der Waals surface area (Å²) in [4.78, 5) is 23.9. The van der Waals surface area contributed by atoms with Crippen LogP contribution < -0.4 is 20.1 Å². The highest BCUT2D eigenvalue weighted by molar-refractivity contribution is 6.32. The summed E-state index contributed by atoms with van der Waals surface area (Å²) in [5.41, 5.74) is 1.68. The molecule has 0 aliphatic heterocycles. The van der Waals surface area contributed by atoms with Gasteiger partial charge in [-0.15, -0.1) is 0 Å². The number of halogens is 1. The molecule has 0 saturated carbocycles. The van der Waals surface area contributed by atoms with Crippen LogP contribution in [0.4, 0.5) is 5.69 Å². The summed E-state index contributed by atoms with van der Waals surface area (Å²) in [5.74, 6) is 0.423. The summed E-state index contributed by atoms with van der Waals surface area (Å²) in [5, 5.41) is 5.67. The predicted octanol–water partition coefficient (Wildman–Crippen LogP) is 4.15. The van der Waals surface area contributed by atoms with Crippen molar-refractivity contribution in [3.05, 3.63) is 58.6 Å². The largest absolute Gasteiger partial charge is 0.493 e. The lowest BCUT2D eigenvalue weighted by atomic mass is 10.1. The molecule has 0 saturated heterocycles. The first-order valence-electron chi connectivity index (χ1n) is 8.80. The van der Waals surface area contributed by atoms with E-state index in [-0.39, 0.29) is 11.8 Å². The summed E-state index contributed by atoms with van der Waals surface area (Å²) < 4.78 is 10.9. The minimum Gasteiger partial charge on any atom is -0.493 e. The van der Waals surface area contributed by atoms with Crippen molar-refractivity contribution in [3.8, 4) is 11.5 Å². The molecule has 2 aromatic rings. The molecule has 0 radical (unpaired) electrons. The van der Waals surface area contributed by atoms with Crippen LogP contribution in [0.2, 0.25) is 5.02 Å². The van der Waals surface area contributed by atoms with Crippen molar-refractivity contribution in [1.29, 1.82) is 0 Å². The highest BCUT2D eigenvalue weighted by Crippen LogP contribution is 2.36. The van der Waals surface area contributed by atoms with Crippen molar-refractivity contribution in [3.63, 3.8) is 0 Å². The maximum atomic E-state index is 12.2. The van der Waals surface area contributed by atoms with E-state index in [4.69, 9.17) is 21.1 Å². The van der Waals surface area contributed by atoms with E-state index >= 15 is 0 Å². The Morgan fingerprint density at radius 2 is 2.00 bits per heavy atom. The minimum absolute atomic E-state index is 0.223. The lowest BCUT2D eigenvalue weighted by molar-refractivity contribution is -0.111. The first-order chi connectivity index (χ1) is 13.5. The van der Waals surface area contributed by atoms with Gasteiger partial charge in [-0.25, -0.2) is 0 Å². The molecule has 7 heteroatoms. The zero-order chi connectivity index (χ0) is 20.5. The molecular formula is C21H23ClN2O4. The Bertz CT molecular complexity index is 881. The van der Waals surface area contributed by atoms with E-state index < -0.39 is 0 Å². The molecule has 0 spiro atoms. The minimum atomic E-state index is -0.338. The van der Waals surface area contributed by atoms with Crippen molar-refractivity contribution >= 4 is 35.2 Å². The molecule has 0 atom stereocenters. The van der Waals surface area contributed by atoms with Crippen molar-refractivity contribution in [1.82, 2.24) is 5.32 Å². The van der Waals surface area contributed by atoms with E-state index in [1.807, 2.05) is 6.92 Å². The highest BCUT2D eigenvalue weighted by Gasteiger charge is 2.11. The molecule has 2 amide bonds. The SMILES string of the molecule is CCCOc1c(Cl)cc(/C=C/C(=O)Nc2cccc(C(=O)NC)c2)cc1OC. The van der Waals surface area contributed by atoms with Crippen molar-refractivity contribution in [2.45, 2.75) is 13.3 Å². The number of carbonyl (C=O) groups is 2. The lowest BCUT2D eigenvalue weighted by Gasteiger charge is -2.12. The fourth-order valence-corrected chi connectivity index (χ4v) is 2.69.